The van der Waals surface area contributed by atoms with Crippen LogP contribution in [0.5, 0.6) is 0 Å². The summed E-state index contributed by atoms with van der Waals surface area (Å²) in [6.07, 6.45) is 2.76. The van der Waals surface area contributed by atoms with Gasteiger partial charge in [0.2, 0.25) is 11.8 Å². The zero-order valence-electron chi connectivity index (χ0n) is 16.1. The third-order valence-electron chi connectivity index (χ3n) is 4.76. The van der Waals surface area contributed by atoms with Crippen LogP contribution in [0.15, 0.2) is 30.3 Å². The molecule has 2 rings (SSSR count). The number of nitrogens with zero attached hydrogens (tertiary/aromatic N) is 1. The van der Waals surface area contributed by atoms with Crippen molar-refractivity contribution in [3.8, 4) is 0 Å². The van der Waals surface area contributed by atoms with Crippen LogP contribution < -0.4 is 11.1 Å². The quantitative estimate of drug-likeness (QED) is 0.622. The smallest absolute Gasteiger partial charge is 0.239 e. The van der Waals surface area contributed by atoms with E-state index in [4.69, 9.17) is 10.5 Å². The van der Waals surface area contributed by atoms with Crippen molar-refractivity contribution in [3.63, 3.8) is 0 Å². The lowest BCUT2D eigenvalue weighted by Gasteiger charge is -2.33. The second kappa shape index (κ2) is 12.7. The number of nitrogens with one attached hydrogen (secondary N) is 1. The Morgan fingerprint density at radius 1 is 1.26 bits per heavy atom. The van der Waals surface area contributed by atoms with Gasteiger partial charge >= 0.3 is 0 Å². The van der Waals surface area contributed by atoms with Crippen molar-refractivity contribution in [2.45, 2.75) is 38.6 Å². The molecule has 1 heterocycles. The van der Waals surface area contributed by atoms with E-state index >= 15 is 0 Å². The largest absolute Gasteiger partial charge is 0.382 e. The van der Waals surface area contributed by atoms with E-state index in [0.717, 1.165) is 12.0 Å². The number of likely N-dealkylation sites (tertiary alicyclic amines) is 1. The Hall–Kier alpha value is -1.63. The molecule has 0 unspecified atom stereocenters. The number of hydrogen-bond acceptors (Lipinski definition) is 4. The Bertz CT molecular complexity index is 563. The lowest BCUT2D eigenvalue weighted by molar-refractivity contribution is -0.136. The summed E-state index contributed by atoms with van der Waals surface area (Å²) in [6.45, 7) is 5.16. The Morgan fingerprint density at radius 3 is 2.56 bits per heavy atom. The lowest BCUT2D eigenvalue weighted by atomic mass is 9.95. The van der Waals surface area contributed by atoms with Crippen LogP contribution in [0.4, 0.5) is 0 Å². The predicted molar refractivity (Wildman–Crippen MR) is 109 cm³/mol. The van der Waals surface area contributed by atoms with Crippen LogP contribution in [-0.2, 0) is 20.7 Å². The number of carbonyl (C=O) groups is 2. The Balaban J connectivity index is 0.00000364. The minimum Gasteiger partial charge on any atom is -0.382 e. The molecule has 1 aliphatic heterocycles. The summed E-state index contributed by atoms with van der Waals surface area (Å²) in [5, 5.41) is 2.96. The van der Waals surface area contributed by atoms with Gasteiger partial charge in [-0.25, -0.2) is 0 Å². The highest BCUT2D eigenvalue weighted by Crippen LogP contribution is 2.18. The summed E-state index contributed by atoms with van der Waals surface area (Å²) in [6, 6.07) is 9.28. The standard InChI is InChI=1S/C20H31N3O3.ClH/c1-2-26-14-6-11-22-19(24)17-9-12-23(13-10-17)20(25)18(21)15-16-7-4-3-5-8-16;/h3-5,7-8,17-18H,2,6,9-15,21H2,1H3,(H,22,24);1H/t18-;/m0./s1. The van der Waals surface area contributed by atoms with Gasteiger partial charge in [-0.15, -0.1) is 12.4 Å². The molecule has 6 nitrogen and oxygen atoms in total. The van der Waals surface area contributed by atoms with Crippen molar-refractivity contribution in [1.82, 2.24) is 10.2 Å². The highest BCUT2D eigenvalue weighted by molar-refractivity contribution is 5.85. The third kappa shape index (κ3) is 7.87. The highest BCUT2D eigenvalue weighted by atomic mass is 35.5. The van der Waals surface area contributed by atoms with Gasteiger partial charge in [-0.2, -0.15) is 0 Å². The molecule has 0 aliphatic carbocycles. The number of rotatable bonds is 9. The molecule has 1 atom stereocenters. The minimum atomic E-state index is -0.527. The summed E-state index contributed by atoms with van der Waals surface area (Å²) >= 11 is 0. The summed E-state index contributed by atoms with van der Waals surface area (Å²) in [7, 11) is 0. The molecule has 2 amide bonds. The second-order valence-electron chi connectivity index (χ2n) is 6.74. The van der Waals surface area contributed by atoms with Crippen LogP contribution >= 0.6 is 12.4 Å². The molecule has 1 aromatic rings. The molecule has 1 fully saturated rings. The van der Waals surface area contributed by atoms with Crippen LogP contribution in [0.25, 0.3) is 0 Å². The van der Waals surface area contributed by atoms with Crippen LogP contribution in [0, 0.1) is 5.92 Å². The summed E-state index contributed by atoms with van der Waals surface area (Å²) in [4.78, 5) is 26.5. The van der Waals surface area contributed by atoms with Crippen molar-refractivity contribution in [2.75, 3.05) is 32.8 Å². The number of carbonyl (C=O) groups excluding carboxylic acids is 2. The van der Waals surface area contributed by atoms with Gasteiger partial charge in [0.1, 0.15) is 0 Å². The number of hydrogen-bond donors (Lipinski definition) is 2. The first-order chi connectivity index (χ1) is 12.6. The Labute approximate surface area is 168 Å². The van der Waals surface area contributed by atoms with Crippen LogP contribution in [-0.4, -0.2) is 55.6 Å². The molecular formula is C20H32ClN3O3. The van der Waals surface area contributed by atoms with Crippen molar-refractivity contribution in [1.29, 1.82) is 0 Å². The Morgan fingerprint density at radius 2 is 1.93 bits per heavy atom. The van der Waals surface area contributed by atoms with Gasteiger partial charge in [-0.3, -0.25) is 9.59 Å². The molecule has 152 valence electrons. The molecule has 27 heavy (non-hydrogen) atoms. The fraction of sp³-hybridized carbons (Fsp3) is 0.600. The highest BCUT2D eigenvalue weighted by Gasteiger charge is 2.29. The maximum Gasteiger partial charge on any atom is 0.239 e. The molecule has 0 spiro atoms. The monoisotopic (exact) mass is 397 g/mol. The van der Waals surface area contributed by atoms with Crippen LogP contribution in [0.1, 0.15) is 31.7 Å². The number of halogens is 1. The van der Waals surface area contributed by atoms with Crippen molar-refractivity contribution in [3.05, 3.63) is 35.9 Å². The number of benzene rings is 1. The zero-order valence-corrected chi connectivity index (χ0v) is 16.9. The van der Waals surface area contributed by atoms with Gasteiger partial charge in [0.05, 0.1) is 6.04 Å². The molecule has 1 saturated heterocycles. The van der Waals surface area contributed by atoms with Crippen molar-refractivity contribution in [2.24, 2.45) is 11.7 Å². The van der Waals surface area contributed by atoms with Crippen LogP contribution in [0.3, 0.4) is 0 Å². The SMILES string of the molecule is CCOCCCNC(=O)C1CCN(C(=O)[C@@H](N)Cc2ccccc2)CC1.Cl. The molecular weight excluding hydrogens is 366 g/mol. The van der Waals surface area contributed by atoms with E-state index in [9.17, 15) is 9.59 Å². The first-order valence-electron chi connectivity index (χ1n) is 9.55. The first kappa shape index (κ1) is 23.4. The second-order valence-corrected chi connectivity index (χ2v) is 6.74. The number of piperidine rings is 1. The van der Waals surface area contributed by atoms with Crippen LogP contribution in [0.2, 0.25) is 0 Å². The van der Waals surface area contributed by atoms with Gasteiger partial charge in [0.25, 0.3) is 0 Å². The topological polar surface area (TPSA) is 84.7 Å². The number of nitrogens with two attached hydrogens (primary N) is 1. The van der Waals surface area contributed by atoms with E-state index in [1.807, 2.05) is 37.3 Å². The number of amides is 2. The van der Waals surface area contributed by atoms with E-state index in [1.54, 1.807) is 4.90 Å². The van der Waals surface area contributed by atoms with Crippen molar-refractivity contribution >= 4 is 24.2 Å². The molecule has 0 bridgehead atoms. The molecule has 7 heteroatoms. The third-order valence-corrected chi connectivity index (χ3v) is 4.76. The zero-order chi connectivity index (χ0) is 18.8. The molecule has 1 aliphatic rings. The summed E-state index contributed by atoms with van der Waals surface area (Å²) in [5.41, 5.74) is 7.16. The molecule has 0 radical (unpaired) electrons. The van der Waals surface area contributed by atoms with E-state index in [0.29, 0.717) is 52.1 Å². The van der Waals surface area contributed by atoms with E-state index in [1.165, 1.54) is 0 Å². The normalized spacial score (nSPS) is 15.7. The molecule has 1 aromatic carbocycles. The van der Waals surface area contributed by atoms with Gasteiger partial charge in [0, 0.05) is 38.8 Å². The Kier molecular flexibility index (Phi) is 11.0. The summed E-state index contributed by atoms with van der Waals surface area (Å²) < 4.78 is 5.26. The molecule has 3 N–H and O–H groups in total. The predicted octanol–water partition coefficient (Wildman–Crippen LogP) is 1.76. The van der Waals surface area contributed by atoms with Gasteiger partial charge in [0.15, 0.2) is 0 Å². The van der Waals surface area contributed by atoms with E-state index < -0.39 is 6.04 Å². The van der Waals surface area contributed by atoms with Crippen molar-refractivity contribution < 1.29 is 14.3 Å². The number of ether oxygens (including phenoxy) is 1. The summed E-state index contributed by atoms with van der Waals surface area (Å²) in [5.74, 6) is 0.0445. The molecule has 0 aromatic heterocycles. The van der Waals surface area contributed by atoms with E-state index in [2.05, 4.69) is 5.32 Å². The fourth-order valence-electron chi connectivity index (χ4n) is 3.23. The van der Waals surface area contributed by atoms with Gasteiger partial charge in [-0.05, 0) is 38.2 Å². The first-order valence-corrected chi connectivity index (χ1v) is 9.55. The maximum atomic E-state index is 12.5. The average Bonchev–Trinajstić information content (AvgIpc) is 2.68. The fourth-order valence-corrected chi connectivity index (χ4v) is 3.23. The van der Waals surface area contributed by atoms with Gasteiger partial charge in [-0.1, -0.05) is 30.3 Å². The van der Waals surface area contributed by atoms with Gasteiger partial charge < -0.3 is 20.7 Å². The maximum absolute atomic E-state index is 12.5. The van der Waals surface area contributed by atoms with E-state index in [-0.39, 0.29) is 30.1 Å². The lowest BCUT2D eigenvalue weighted by Crippen LogP contribution is -2.49. The minimum absolute atomic E-state index is 0. The average molecular weight is 398 g/mol. The molecule has 0 saturated carbocycles.